The van der Waals surface area contributed by atoms with Crippen molar-refractivity contribution in [2.45, 2.75) is 32.1 Å². The third kappa shape index (κ3) is 2.60. The number of aryl methyl sites for hydroxylation is 1. The van der Waals surface area contributed by atoms with Gasteiger partial charge in [0.05, 0.1) is 12.6 Å². The number of rotatable bonds is 2. The van der Waals surface area contributed by atoms with Gasteiger partial charge in [-0.2, -0.15) is 0 Å². The molecule has 0 amide bonds. The van der Waals surface area contributed by atoms with Gasteiger partial charge in [0.1, 0.15) is 5.75 Å². The van der Waals surface area contributed by atoms with E-state index in [1.807, 2.05) is 25.1 Å². The molecule has 4 nitrogen and oxygen atoms in total. The highest BCUT2D eigenvalue weighted by Crippen LogP contribution is 2.47. The highest BCUT2D eigenvalue weighted by Gasteiger charge is 2.36. The number of nitrogens with one attached hydrogen (secondary N) is 1. The molecule has 0 unspecified atom stereocenters. The summed E-state index contributed by atoms with van der Waals surface area (Å²) in [6.07, 6.45) is 2.44. The molecule has 0 fully saturated rings. The molecule has 1 atom stereocenters. The Morgan fingerprint density at radius 1 is 1.04 bits per heavy atom. The smallest absolute Gasteiger partial charge is 0.161 e. The fraction of sp³-hybridized carbons (Fsp3) is 0.250. The van der Waals surface area contributed by atoms with Gasteiger partial charge in [-0.15, -0.1) is 0 Å². The highest BCUT2D eigenvalue weighted by atomic mass is 16.5. The number of ketones is 1. The molecule has 3 aromatic rings. The summed E-state index contributed by atoms with van der Waals surface area (Å²) in [5, 5.41) is 4.66. The summed E-state index contributed by atoms with van der Waals surface area (Å²) in [5.41, 5.74) is 7.27. The lowest BCUT2D eigenvalue weighted by atomic mass is 9.74. The van der Waals surface area contributed by atoms with Crippen LogP contribution in [0.25, 0.3) is 10.9 Å². The molecule has 0 spiro atoms. The van der Waals surface area contributed by atoms with Crippen molar-refractivity contribution in [2.75, 3.05) is 12.4 Å². The second kappa shape index (κ2) is 6.48. The minimum atomic E-state index is -0.0850. The summed E-state index contributed by atoms with van der Waals surface area (Å²) in [7, 11) is 1.67. The van der Waals surface area contributed by atoms with E-state index in [0.717, 1.165) is 63.3 Å². The molecule has 0 bridgehead atoms. The van der Waals surface area contributed by atoms with E-state index in [9.17, 15) is 4.79 Å². The molecular formula is C24H22N2O2. The maximum Gasteiger partial charge on any atom is 0.161 e. The standard InChI is InChI=1S/C24H22N2O2/c1-14-6-11-17-18(25-14)12-13-20-23(17)22(15-7-9-16(28-2)10-8-15)24-19(26-20)4-3-5-21(24)27/h6-13,22,26H,3-5H2,1-2H3/t22-/m1/s1. The highest BCUT2D eigenvalue weighted by molar-refractivity contribution is 6.03. The van der Waals surface area contributed by atoms with Gasteiger partial charge in [-0.3, -0.25) is 9.78 Å². The number of Topliss-reactive ketones (excluding diaryl/α,β-unsaturated/α-hetero) is 1. The number of carbonyl (C=O) groups is 1. The van der Waals surface area contributed by atoms with Crippen molar-refractivity contribution in [3.8, 4) is 5.75 Å². The molecule has 28 heavy (non-hydrogen) atoms. The average Bonchev–Trinajstić information content (AvgIpc) is 2.72. The zero-order chi connectivity index (χ0) is 19.3. The summed E-state index contributed by atoms with van der Waals surface area (Å²) < 4.78 is 5.34. The summed E-state index contributed by atoms with van der Waals surface area (Å²) in [6, 6.07) is 16.4. The number of hydrogen-bond acceptors (Lipinski definition) is 4. The number of pyridine rings is 1. The number of carbonyl (C=O) groups excluding carboxylic acids is 1. The lowest BCUT2D eigenvalue weighted by Gasteiger charge is -2.35. The van der Waals surface area contributed by atoms with E-state index in [2.05, 4.69) is 35.6 Å². The van der Waals surface area contributed by atoms with E-state index in [1.165, 1.54) is 0 Å². The largest absolute Gasteiger partial charge is 0.497 e. The SMILES string of the molecule is COc1ccc([C@H]2C3=C(CCCC3=O)Nc3ccc4nc(C)ccc4c32)cc1. The number of anilines is 1. The summed E-state index contributed by atoms with van der Waals surface area (Å²) in [4.78, 5) is 17.7. The topological polar surface area (TPSA) is 51.2 Å². The number of aromatic nitrogens is 1. The molecule has 1 aromatic heterocycles. The van der Waals surface area contributed by atoms with Crippen molar-refractivity contribution < 1.29 is 9.53 Å². The molecule has 140 valence electrons. The van der Waals surface area contributed by atoms with Crippen LogP contribution in [0.4, 0.5) is 5.69 Å². The zero-order valence-electron chi connectivity index (χ0n) is 16.1. The minimum Gasteiger partial charge on any atom is -0.497 e. The van der Waals surface area contributed by atoms with Crippen molar-refractivity contribution in [1.29, 1.82) is 0 Å². The molecule has 5 rings (SSSR count). The molecule has 4 heteroatoms. The van der Waals surface area contributed by atoms with Crippen LogP contribution in [-0.2, 0) is 4.79 Å². The van der Waals surface area contributed by atoms with E-state index >= 15 is 0 Å². The Balaban J connectivity index is 1.79. The molecule has 1 aliphatic heterocycles. The van der Waals surface area contributed by atoms with Crippen LogP contribution in [0.15, 0.2) is 59.8 Å². The van der Waals surface area contributed by atoms with Crippen LogP contribution in [0.2, 0.25) is 0 Å². The van der Waals surface area contributed by atoms with Crippen molar-refractivity contribution in [3.63, 3.8) is 0 Å². The van der Waals surface area contributed by atoms with Crippen LogP contribution in [0, 0.1) is 6.92 Å². The number of fused-ring (bicyclic) bond motifs is 3. The van der Waals surface area contributed by atoms with Gasteiger partial charge in [0.15, 0.2) is 5.78 Å². The Hall–Kier alpha value is -3.14. The second-order valence-electron chi connectivity index (χ2n) is 7.55. The van der Waals surface area contributed by atoms with Crippen LogP contribution >= 0.6 is 0 Å². The molecular weight excluding hydrogens is 348 g/mol. The molecule has 2 heterocycles. The third-order valence-corrected chi connectivity index (χ3v) is 5.82. The zero-order valence-corrected chi connectivity index (χ0v) is 16.1. The number of ether oxygens (including phenoxy) is 1. The first kappa shape index (κ1) is 17.0. The Morgan fingerprint density at radius 2 is 1.86 bits per heavy atom. The Bertz CT molecular complexity index is 1130. The lowest BCUT2D eigenvalue weighted by Crippen LogP contribution is -2.27. The monoisotopic (exact) mass is 370 g/mol. The number of benzene rings is 2. The quantitative estimate of drug-likeness (QED) is 0.680. The average molecular weight is 370 g/mol. The normalized spacial score (nSPS) is 18.5. The minimum absolute atomic E-state index is 0.0850. The van der Waals surface area contributed by atoms with Crippen LogP contribution in [0.1, 0.15) is 42.0 Å². The van der Waals surface area contributed by atoms with E-state index in [-0.39, 0.29) is 11.7 Å². The van der Waals surface area contributed by atoms with Gasteiger partial charge in [0.25, 0.3) is 0 Å². The van der Waals surface area contributed by atoms with Gasteiger partial charge in [-0.05, 0) is 61.2 Å². The van der Waals surface area contributed by atoms with Crippen LogP contribution < -0.4 is 10.1 Å². The predicted octanol–water partition coefficient (Wildman–Crippen LogP) is 5.12. The molecule has 2 aliphatic rings. The molecule has 1 aliphatic carbocycles. The van der Waals surface area contributed by atoms with Gasteiger partial charge in [-0.1, -0.05) is 18.2 Å². The van der Waals surface area contributed by atoms with Crippen molar-refractivity contribution in [1.82, 2.24) is 4.98 Å². The van der Waals surface area contributed by atoms with E-state index in [4.69, 9.17) is 9.72 Å². The summed E-state index contributed by atoms with van der Waals surface area (Å²) >= 11 is 0. The van der Waals surface area contributed by atoms with Crippen LogP contribution in [-0.4, -0.2) is 17.9 Å². The number of hydrogen-bond donors (Lipinski definition) is 1. The Labute approximate surface area is 164 Å². The molecule has 2 aromatic carbocycles. The van der Waals surface area contributed by atoms with Gasteiger partial charge in [0.2, 0.25) is 0 Å². The van der Waals surface area contributed by atoms with Crippen LogP contribution in [0.3, 0.4) is 0 Å². The predicted molar refractivity (Wildman–Crippen MR) is 111 cm³/mol. The van der Waals surface area contributed by atoms with Crippen molar-refractivity contribution in [2.24, 2.45) is 0 Å². The number of allylic oxidation sites excluding steroid dienone is 2. The fourth-order valence-electron chi connectivity index (χ4n) is 4.51. The van der Waals surface area contributed by atoms with E-state index in [0.29, 0.717) is 6.42 Å². The van der Waals surface area contributed by atoms with Gasteiger partial charge in [0, 0.05) is 40.4 Å². The summed E-state index contributed by atoms with van der Waals surface area (Å²) in [5.74, 6) is 0.979. The lowest BCUT2D eigenvalue weighted by molar-refractivity contribution is -0.116. The van der Waals surface area contributed by atoms with Gasteiger partial charge in [-0.25, -0.2) is 0 Å². The molecule has 1 N–H and O–H groups in total. The Morgan fingerprint density at radius 3 is 2.64 bits per heavy atom. The maximum absolute atomic E-state index is 13.0. The van der Waals surface area contributed by atoms with E-state index < -0.39 is 0 Å². The fourth-order valence-corrected chi connectivity index (χ4v) is 4.51. The third-order valence-electron chi connectivity index (χ3n) is 5.82. The van der Waals surface area contributed by atoms with Crippen LogP contribution in [0.5, 0.6) is 5.75 Å². The molecule has 0 saturated heterocycles. The molecule has 0 saturated carbocycles. The number of methoxy groups -OCH3 is 1. The van der Waals surface area contributed by atoms with Gasteiger partial charge < -0.3 is 10.1 Å². The molecule has 0 radical (unpaired) electrons. The first-order chi connectivity index (χ1) is 13.7. The second-order valence-corrected chi connectivity index (χ2v) is 7.55. The first-order valence-corrected chi connectivity index (χ1v) is 9.73. The Kier molecular flexibility index (Phi) is 3.93. The number of nitrogens with zero attached hydrogens (tertiary/aromatic N) is 1. The van der Waals surface area contributed by atoms with E-state index in [1.54, 1.807) is 7.11 Å². The van der Waals surface area contributed by atoms with Crippen molar-refractivity contribution in [3.05, 3.63) is 76.6 Å². The van der Waals surface area contributed by atoms with Crippen molar-refractivity contribution >= 4 is 22.4 Å². The van der Waals surface area contributed by atoms with Gasteiger partial charge >= 0.3 is 0 Å². The first-order valence-electron chi connectivity index (χ1n) is 9.73. The summed E-state index contributed by atoms with van der Waals surface area (Å²) in [6.45, 7) is 2.00. The maximum atomic E-state index is 13.0.